The van der Waals surface area contributed by atoms with Gasteiger partial charge in [0.25, 0.3) is 0 Å². The molecule has 1 aromatic heterocycles. The Kier molecular flexibility index (Phi) is 4.40. The van der Waals surface area contributed by atoms with E-state index in [1.54, 1.807) is 0 Å². The number of rotatable bonds is 5. The summed E-state index contributed by atoms with van der Waals surface area (Å²) in [7, 11) is 0. The van der Waals surface area contributed by atoms with Crippen LogP contribution >= 0.6 is 11.8 Å². The van der Waals surface area contributed by atoms with Gasteiger partial charge in [-0.25, -0.2) is 0 Å². The Morgan fingerprint density at radius 3 is 3.00 bits per heavy atom. The van der Waals surface area contributed by atoms with Crippen LogP contribution in [0.5, 0.6) is 0 Å². The van der Waals surface area contributed by atoms with Crippen molar-refractivity contribution in [1.82, 2.24) is 4.98 Å². The van der Waals surface area contributed by atoms with E-state index < -0.39 is 0 Å². The van der Waals surface area contributed by atoms with Gasteiger partial charge in [0.05, 0.1) is 5.52 Å². The smallest absolute Gasteiger partial charge is 0.0705 e. The van der Waals surface area contributed by atoms with Crippen molar-refractivity contribution < 1.29 is 0 Å². The van der Waals surface area contributed by atoms with Gasteiger partial charge in [-0.3, -0.25) is 4.98 Å². The lowest BCUT2D eigenvalue weighted by molar-refractivity contribution is 0.838. The van der Waals surface area contributed by atoms with Gasteiger partial charge in [-0.05, 0) is 29.9 Å². The summed E-state index contributed by atoms with van der Waals surface area (Å²) in [6.45, 7) is 2.19. The summed E-state index contributed by atoms with van der Waals surface area (Å²) in [5.74, 6) is 2.15. The third kappa shape index (κ3) is 2.99. The summed E-state index contributed by atoms with van der Waals surface area (Å²) in [6, 6.07) is 10.3. The van der Waals surface area contributed by atoms with E-state index in [1.807, 2.05) is 36.2 Å². The fourth-order valence-corrected chi connectivity index (χ4v) is 2.78. The summed E-state index contributed by atoms with van der Waals surface area (Å²) in [4.78, 5) is 4.36. The first-order valence-corrected chi connectivity index (χ1v) is 7.15. The van der Waals surface area contributed by atoms with Gasteiger partial charge in [0, 0.05) is 23.4 Å². The van der Waals surface area contributed by atoms with Gasteiger partial charge in [-0.2, -0.15) is 11.8 Å². The van der Waals surface area contributed by atoms with Gasteiger partial charge in [0.15, 0.2) is 0 Å². The topological polar surface area (TPSA) is 38.9 Å². The number of fused-ring (bicyclic) bond motifs is 1. The molecular formula is C14H18N2S. The first-order chi connectivity index (χ1) is 8.33. The molecule has 0 aliphatic rings. The first-order valence-electron chi connectivity index (χ1n) is 6.00. The standard InChI is InChI=1S/C14H18N2S/c1-2-9-17-10-13(15)11-5-3-7-14-12(11)6-4-8-16-14/h3-8,13H,2,9-10,15H2,1H3. The zero-order valence-electron chi connectivity index (χ0n) is 10.1. The van der Waals surface area contributed by atoms with Crippen LogP contribution in [-0.2, 0) is 0 Å². The number of pyridine rings is 1. The Morgan fingerprint density at radius 1 is 1.29 bits per heavy atom. The second-order valence-corrected chi connectivity index (χ2v) is 5.25. The Morgan fingerprint density at radius 2 is 2.18 bits per heavy atom. The number of nitrogens with two attached hydrogens (primary N) is 1. The van der Waals surface area contributed by atoms with E-state index in [-0.39, 0.29) is 6.04 Å². The summed E-state index contributed by atoms with van der Waals surface area (Å²) < 4.78 is 0. The number of aromatic nitrogens is 1. The lowest BCUT2D eigenvalue weighted by Crippen LogP contribution is -2.13. The predicted molar refractivity (Wildman–Crippen MR) is 76.3 cm³/mol. The number of thioether (sulfide) groups is 1. The van der Waals surface area contributed by atoms with Crippen molar-refractivity contribution >= 4 is 22.7 Å². The van der Waals surface area contributed by atoms with Crippen LogP contribution in [-0.4, -0.2) is 16.5 Å². The number of hydrogen-bond donors (Lipinski definition) is 1. The van der Waals surface area contributed by atoms with Gasteiger partial charge in [-0.15, -0.1) is 0 Å². The van der Waals surface area contributed by atoms with Crippen LogP contribution in [0.2, 0.25) is 0 Å². The molecule has 2 aromatic rings. The maximum absolute atomic E-state index is 6.25. The molecule has 0 aliphatic carbocycles. The van der Waals surface area contributed by atoms with Crippen LogP contribution in [0.1, 0.15) is 24.9 Å². The van der Waals surface area contributed by atoms with E-state index >= 15 is 0 Å². The SMILES string of the molecule is CCCSCC(N)c1cccc2ncccc12. The number of hydrogen-bond acceptors (Lipinski definition) is 3. The molecule has 2 N–H and O–H groups in total. The van der Waals surface area contributed by atoms with E-state index in [0.29, 0.717) is 0 Å². The monoisotopic (exact) mass is 246 g/mol. The summed E-state index contributed by atoms with van der Waals surface area (Å²) in [6.07, 6.45) is 3.03. The van der Waals surface area contributed by atoms with E-state index in [4.69, 9.17) is 5.73 Å². The molecule has 0 bridgehead atoms. The molecule has 0 radical (unpaired) electrons. The lowest BCUT2D eigenvalue weighted by Gasteiger charge is -2.13. The van der Waals surface area contributed by atoms with Crippen molar-refractivity contribution in [3.8, 4) is 0 Å². The second-order valence-electron chi connectivity index (χ2n) is 4.10. The molecule has 0 spiro atoms. The van der Waals surface area contributed by atoms with Crippen LogP contribution < -0.4 is 5.73 Å². The van der Waals surface area contributed by atoms with Crippen molar-refractivity contribution in [3.05, 3.63) is 42.1 Å². The Hall–Kier alpha value is -1.06. The largest absolute Gasteiger partial charge is 0.323 e. The minimum absolute atomic E-state index is 0.0967. The molecule has 0 aliphatic heterocycles. The zero-order valence-corrected chi connectivity index (χ0v) is 10.9. The average Bonchev–Trinajstić information content (AvgIpc) is 2.38. The average molecular weight is 246 g/mol. The van der Waals surface area contributed by atoms with Crippen LogP contribution in [0.25, 0.3) is 10.9 Å². The fourth-order valence-electron chi connectivity index (χ4n) is 1.89. The minimum atomic E-state index is 0.0967. The Labute approximate surface area is 107 Å². The summed E-state index contributed by atoms with van der Waals surface area (Å²) in [5, 5.41) is 1.18. The molecule has 2 nitrogen and oxygen atoms in total. The predicted octanol–water partition coefficient (Wildman–Crippen LogP) is 3.38. The van der Waals surface area contributed by atoms with E-state index in [1.165, 1.54) is 23.1 Å². The van der Waals surface area contributed by atoms with Crippen molar-refractivity contribution in [3.63, 3.8) is 0 Å². The van der Waals surface area contributed by atoms with Gasteiger partial charge < -0.3 is 5.73 Å². The molecule has 90 valence electrons. The number of benzene rings is 1. The molecule has 1 heterocycles. The summed E-state index contributed by atoms with van der Waals surface area (Å²) >= 11 is 1.92. The quantitative estimate of drug-likeness (QED) is 0.822. The third-order valence-electron chi connectivity index (χ3n) is 2.72. The lowest BCUT2D eigenvalue weighted by atomic mass is 10.0. The Bertz CT molecular complexity index is 479. The van der Waals surface area contributed by atoms with Gasteiger partial charge in [-0.1, -0.05) is 25.1 Å². The first kappa shape index (κ1) is 12.4. The fraction of sp³-hybridized carbons (Fsp3) is 0.357. The molecule has 1 aromatic carbocycles. The molecule has 0 fully saturated rings. The van der Waals surface area contributed by atoms with Gasteiger partial charge in [0.1, 0.15) is 0 Å². The highest BCUT2D eigenvalue weighted by Crippen LogP contribution is 2.24. The summed E-state index contributed by atoms with van der Waals surface area (Å²) in [5.41, 5.74) is 8.49. The molecule has 3 heteroatoms. The molecule has 1 atom stereocenters. The molecular weight excluding hydrogens is 228 g/mol. The maximum Gasteiger partial charge on any atom is 0.0705 e. The highest BCUT2D eigenvalue weighted by atomic mass is 32.2. The number of nitrogens with zero attached hydrogens (tertiary/aromatic N) is 1. The molecule has 2 rings (SSSR count). The van der Waals surface area contributed by atoms with E-state index in [2.05, 4.69) is 24.0 Å². The van der Waals surface area contributed by atoms with Gasteiger partial charge >= 0.3 is 0 Å². The second kappa shape index (κ2) is 6.03. The van der Waals surface area contributed by atoms with Crippen LogP contribution in [0.4, 0.5) is 0 Å². The highest BCUT2D eigenvalue weighted by Gasteiger charge is 2.09. The normalized spacial score (nSPS) is 12.8. The Balaban J connectivity index is 2.22. The van der Waals surface area contributed by atoms with Crippen molar-refractivity contribution in [1.29, 1.82) is 0 Å². The van der Waals surface area contributed by atoms with Gasteiger partial charge in [0.2, 0.25) is 0 Å². The van der Waals surface area contributed by atoms with Crippen molar-refractivity contribution in [2.24, 2.45) is 5.73 Å². The maximum atomic E-state index is 6.25. The molecule has 0 amide bonds. The van der Waals surface area contributed by atoms with Crippen molar-refractivity contribution in [2.75, 3.05) is 11.5 Å². The van der Waals surface area contributed by atoms with E-state index in [0.717, 1.165) is 11.3 Å². The third-order valence-corrected chi connectivity index (χ3v) is 4.02. The van der Waals surface area contributed by atoms with Crippen LogP contribution in [0.3, 0.4) is 0 Å². The van der Waals surface area contributed by atoms with E-state index in [9.17, 15) is 0 Å². The minimum Gasteiger partial charge on any atom is -0.323 e. The van der Waals surface area contributed by atoms with Crippen LogP contribution in [0.15, 0.2) is 36.5 Å². The van der Waals surface area contributed by atoms with Crippen LogP contribution in [0, 0.1) is 0 Å². The zero-order chi connectivity index (χ0) is 12.1. The van der Waals surface area contributed by atoms with Crippen molar-refractivity contribution in [2.45, 2.75) is 19.4 Å². The molecule has 0 saturated heterocycles. The highest BCUT2D eigenvalue weighted by molar-refractivity contribution is 7.99. The molecule has 17 heavy (non-hydrogen) atoms. The molecule has 1 unspecified atom stereocenters. The molecule has 0 saturated carbocycles.